The standard InChI is InChI=1S/C36H47ClN5O10PS/c1-35(2,3)51-53(46,52-36(4,5)6)50-15-13-38-54(47,48)26-10-11-27-28(19-26)31(42(44)45)20-32-33(27)24(21-37)22-41(32)34(43)30-18-23-17-25(9-12-29(23)39-30)49-16-14-40(7)8/h9-12,17-20,24,38-39H,13-16,21-22H2,1-8H3. The van der Waals surface area contributed by atoms with Crippen molar-refractivity contribution >= 4 is 68.4 Å². The fraction of sp³-hybridized carbons (Fsp3) is 0.472. The van der Waals surface area contributed by atoms with Gasteiger partial charge in [-0.1, -0.05) is 6.07 Å². The van der Waals surface area contributed by atoms with E-state index in [1.165, 1.54) is 29.2 Å². The van der Waals surface area contributed by atoms with Gasteiger partial charge in [0.1, 0.15) is 18.1 Å². The monoisotopic (exact) mass is 807 g/mol. The molecular weight excluding hydrogens is 761 g/mol. The van der Waals surface area contributed by atoms with Crippen molar-refractivity contribution in [2.45, 2.75) is 63.6 Å². The van der Waals surface area contributed by atoms with Gasteiger partial charge >= 0.3 is 7.82 Å². The molecule has 2 heterocycles. The second kappa shape index (κ2) is 15.9. The number of nitro benzene ring substituents is 1. The molecule has 0 saturated heterocycles. The minimum absolute atomic E-state index is 0.0661. The number of nitrogens with one attached hydrogen (secondary N) is 2. The Morgan fingerprint density at radius 1 is 1.04 bits per heavy atom. The van der Waals surface area contributed by atoms with Gasteiger partial charge in [0.2, 0.25) is 10.0 Å². The van der Waals surface area contributed by atoms with Crippen LogP contribution in [0, 0.1) is 10.1 Å². The minimum atomic E-state index is -4.23. The van der Waals surface area contributed by atoms with Crippen molar-refractivity contribution in [2.24, 2.45) is 0 Å². The zero-order valence-electron chi connectivity index (χ0n) is 31.6. The Morgan fingerprint density at radius 2 is 1.72 bits per heavy atom. The lowest BCUT2D eigenvalue weighted by Crippen LogP contribution is -2.30. The first kappa shape index (κ1) is 41.6. The highest BCUT2D eigenvalue weighted by Crippen LogP contribution is 2.55. The molecule has 4 aromatic rings. The second-order valence-electron chi connectivity index (χ2n) is 15.2. The number of alkyl halides is 1. The Balaban J connectivity index is 1.40. The summed E-state index contributed by atoms with van der Waals surface area (Å²) in [5, 5.41) is 13.7. The van der Waals surface area contributed by atoms with Crippen LogP contribution in [0.25, 0.3) is 21.7 Å². The molecule has 15 nitrogen and oxygen atoms in total. The summed E-state index contributed by atoms with van der Waals surface area (Å²) in [7, 11) is -4.41. The van der Waals surface area contributed by atoms with Gasteiger partial charge in [-0.05, 0) is 103 Å². The van der Waals surface area contributed by atoms with E-state index in [2.05, 4.69) is 9.71 Å². The van der Waals surface area contributed by atoms with Crippen LogP contribution in [-0.4, -0.2) is 93.2 Å². The van der Waals surface area contributed by atoms with Crippen LogP contribution in [0.2, 0.25) is 0 Å². The molecule has 0 saturated carbocycles. The zero-order valence-corrected chi connectivity index (χ0v) is 34.1. The van der Waals surface area contributed by atoms with Crippen LogP contribution in [0.4, 0.5) is 11.4 Å². The fourth-order valence-electron chi connectivity index (χ4n) is 6.06. The Morgan fingerprint density at radius 3 is 2.33 bits per heavy atom. The maximum Gasteiger partial charge on any atom is 0.475 e. The molecule has 0 fully saturated rings. The number of hydrogen-bond donors (Lipinski definition) is 2. The molecule has 5 rings (SSSR count). The van der Waals surface area contributed by atoms with Gasteiger partial charge in [-0.25, -0.2) is 17.7 Å². The Kier molecular flexibility index (Phi) is 12.2. The number of aromatic amines is 1. The number of phosphoric acid groups is 1. The largest absolute Gasteiger partial charge is 0.492 e. The van der Waals surface area contributed by atoms with E-state index in [9.17, 15) is 27.9 Å². The number of fused-ring (bicyclic) bond motifs is 4. The zero-order chi connectivity index (χ0) is 39.8. The topological polar surface area (TPSA) is 183 Å². The summed E-state index contributed by atoms with van der Waals surface area (Å²) >= 11 is 6.42. The fourth-order valence-corrected chi connectivity index (χ4v) is 9.15. The molecule has 1 aliphatic heterocycles. The van der Waals surface area contributed by atoms with Crippen molar-refractivity contribution in [3.8, 4) is 5.75 Å². The third-order valence-electron chi connectivity index (χ3n) is 8.19. The van der Waals surface area contributed by atoms with Gasteiger partial charge in [-0.15, -0.1) is 11.6 Å². The molecule has 1 aromatic heterocycles. The van der Waals surface area contributed by atoms with Crippen molar-refractivity contribution in [1.29, 1.82) is 0 Å². The first-order valence-electron chi connectivity index (χ1n) is 17.3. The number of amides is 1. The van der Waals surface area contributed by atoms with Crippen LogP contribution in [0.3, 0.4) is 0 Å². The molecule has 0 spiro atoms. The summed E-state index contributed by atoms with van der Waals surface area (Å²) in [5.41, 5.74) is -0.220. The summed E-state index contributed by atoms with van der Waals surface area (Å²) < 4.78 is 65.0. The van der Waals surface area contributed by atoms with E-state index in [0.29, 0.717) is 29.0 Å². The van der Waals surface area contributed by atoms with Crippen molar-refractivity contribution in [2.75, 3.05) is 57.7 Å². The third-order valence-corrected chi connectivity index (χ3v) is 12.1. The number of nitro groups is 1. The molecule has 0 aliphatic carbocycles. The molecular formula is C36H47ClN5O10PS. The van der Waals surface area contributed by atoms with Crippen LogP contribution in [0.5, 0.6) is 5.75 Å². The molecule has 0 bridgehead atoms. The maximum absolute atomic E-state index is 14.0. The van der Waals surface area contributed by atoms with Gasteiger partial charge in [0.05, 0.1) is 38.7 Å². The average Bonchev–Trinajstić information content (AvgIpc) is 3.65. The average molecular weight is 808 g/mol. The van der Waals surface area contributed by atoms with Gasteiger partial charge in [0.15, 0.2) is 0 Å². The molecule has 1 amide bonds. The Labute approximate surface area is 320 Å². The molecule has 18 heteroatoms. The number of carbonyl (C=O) groups excluding carboxylic acids is 1. The van der Waals surface area contributed by atoms with E-state index in [-0.39, 0.29) is 47.2 Å². The number of rotatable bonds is 15. The van der Waals surface area contributed by atoms with Crippen molar-refractivity contribution in [3.63, 3.8) is 0 Å². The van der Waals surface area contributed by atoms with E-state index in [4.69, 9.17) is 29.9 Å². The van der Waals surface area contributed by atoms with Crippen molar-refractivity contribution < 1.29 is 41.0 Å². The molecule has 3 aromatic carbocycles. The van der Waals surface area contributed by atoms with Gasteiger partial charge in [-0.2, -0.15) is 0 Å². The summed E-state index contributed by atoms with van der Waals surface area (Å²) in [4.78, 5) is 32.2. The third kappa shape index (κ3) is 9.79. The van der Waals surface area contributed by atoms with Gasteiger partial charge in [0, 0.05) is 48.4 Å². The smallest absolute Gasteiger partial charge is 0.475 e. The summed E-state index contributed by atoms with van der Waals surface area (Å²) in [6.45, 7) is 10.8. The van der Waals surface area contributed by atoms with Gasteiger partial charge in [-0.3, -0.25) is 28.5 Å². The number of benzene rings is 3. The summed E-state index contributed by atoms with van der Waals surface area (Å²) in [6, 6.07) is 12.5. The summed E-state index contributed by atoms with van der Waals surface area (Å²) in [6.07, 6.45) is 0. The summed E-state index contributed by atoms with van der Waals surface area (Å²) in [5.74, 6) is -0.0352. The van der Waals surface area contributed by atoms with E-state index in [0.717, 1.165) is 17.4 Å². The van der Waals surface area contributed by atoms with Crippen LogP contribution >= 0.6 is 19.4 Å². The predicted octanol–water partition coefficient (Wildman–Crippen LogP) is 7.19. The van der Waals surface area contributed by atoms with E-state index >= 15 is 0 Å². The highest BCUT2D eigenvalue weighted by molar-refractivity contribution is 7.89. The van der Waals surface area contributed by atoms with E-state index in [1.807, 2.05) is 37.2 Å². The number of H-pyrrole nitrogens is 1. The van der Waals surface area contributed by atoms with Gasteiger partial charge in [0.25, 0.3) is 11.6 Å². The molecule has 1 aliphatic rings. The van der Waals surface area contributed by atoms with Crippen LogP contribution in [0.1, 0.15) is 63.5 Å². The minimum Gasteiger partial charge on any atom is -0.492 e. The number of phosphoric ester groups is 1. The Hall–Kier alpha value is -3.60. The number of likely N-dealkylation sites (N-methyl/N-ethyl adjacent to an activating group) is 1. The highest BCUT2D eigenvalue weighted by atomic mass is 35.5. The number of aromatic nitrogens is 1. The SMILES string of the molecule is CN(C)CCOc1ccc2[nH]c(C(=O)N3CC(CCl)c4c3cc([N+](=O)[O-])c3cc(S(=O)(=O)NCCOP(=O)(OC(C)(C)C)OC(C)(C)C)ccc43)cc2c1. The maximum atomic E-state index is 14.0. The number of carbonyl (C=O) groups is 1. The van der Waals surface area contributed by atoms with Crippen molar-refractivity contribution in [3.05, 3.63) is 69.9 Å². The van der Waals surface area contributed by atoms with Crippen LogP contribution in [0.15, 0.2) is 53.4 Å². The van der Waals surface area contributed by atoms with Crippen LogP contribution in [-0.2, 0) is 28.2 Å². The lowest BCUT2D eigenvalue weighted by atomic mass is 9.95. The quantitative estimate of drug-likeness (QED) is 0.0408. The Bertz CT molecular complexity index is 2190. The molecule has 0 radical (unpaired) electrons. The van der Waals surface area contributed by atoms with E-state index < -0.39 is 45.8 Å². The normalized spacial score (nSPS) is 15.4. The highest BCUT2D eigenvalue weighted by Gasteiger charge is 2.39. The number of nitrogens with zero attached hydrogens (tertiary/aromatic N) is 3. The van der Waals surface area contributed by atoms with E-state index in [1.54, 1.807) is 47.6 Å². The first-order valence-corrected chi connectivity index (χ1v) is 20.8. The first-order chi connectivity index (χ1) is 25.1. The van der Waals surface area contributed by atoms with Gasteiger partial charge < -0.3 is 19.5 Å². The molecule has 54 heavy (non-hydrogen) atoms. The lowest BCUT2D eigenvalue weighted by molar-refractivity contribution is -0.383. The molecule has 1 unspecified atom stereocenters. The predicted molar refractivity (Wildman–Crippen MR) is 209 cm³/mol. The molecule has 294 valence electrons. The van der Waals surface area contributed by atoms with Crippen molar-refractivity contribution in [1.82, 2.24) is 14.6 Å². The number of anilines is 1. The number of hydrogen-bond acceptors (Lipinski definition) is 11. The lowest BCUT2D eigenvalue weighted by Gasteiger charge is -2.30. The number of non-ortho nitro benzene ring substituents is 1. The number of sulfonamides is 1. The van der Waals surface area contributed by atoms with Crippen LogP contribution < -0.4 is 14.4 Å². The number of halogens is 1. The second-order valence-corrected chi connectivity index (χ2v) is 18.8. The molecule has 1 atom stereocenters. The molecule has 2 N–H and O–H groups in total. The number of ether oxygens (including phenoxy) is 1.